The number of ether oxygens (including phenoxy) is 1. The van der Waals surface area contributed by atoms with Crippen molar-refractivity contribution in [3.05, 3.63) is 52.9 Å². The second-order valence-corrected chi connectivity index (χ2v) is 8.82. The summed E-state index contributed by atoms with van der Waals surface area (Å²) in [6, 6.07) is 13.4. The molecule has 0 aliphatic rings. The lowest BCUT2D eigenvalue weighted by Gasteiger charge is -2.07. The van der Waals surface area contributed by atoms with Crippen LogP contribution < -0.4 is 10.1 Å². The van der Waals surface area contributed by atoms with Crippen LogP contribution in [0, 0.1) is 0 Å². The summed E-state index contributed by atoms with van der Waals surface area (Å²) in [6.07, 6.45) is 0.556. The topological polar surface area (TPSA) is 130 Å². The number of tetrazole rings is 1. The second-order valence-electron chi connectivity index (χ2n) is 6.68. The van der Waals surface area contributed by atoms with Crippen molar-refractivity contribution >= 4 is 51.0 Å². The van der Waals surface area contributed by atoms with Crippen LogP contribution in [0.2, 0.25) is 0 Å². The molecule has 0 aliphatic heterocycles. The fraction of sp³-hybridized carbons (Fsp3) is 0.190. The quantitative estimate of drug-likeness (QED) is 0.332. The number of benzene rings is 2. The number of carboxylic acid groups (broad SMARTS) is 1. The van der Waals surface area contributed by atoms with Crippen molar-refractivity contribution < 1.29 is 19.4 Å². The van der Waals surface area contributed by atoms with Crippen molar-refractivity contribution in [1.82, 2.24) is 20.6 Å². The van der Waals surface area contributed by atoms with Crippen LogP contribution >= 0.6 is 23.1 Å². The van der Waals surface area contributed by atoms with Gasteiger partial charge in [0.1, 0.15) is 10.6 Å². The zero-order valence-electron chi connectivity index (χ0n) is 17.0. The number of aliphatic carboxylic acids is 1. The summed E-state index contributed by atoms with van der Waals surface area (Å²) in [4.78, 5) is 26.0. The molecule has 0 bridgehead atoms. The molecule has 164 valence electrons. The normalized spacial score (nSPS) is 10.9. The van der Waals surface area contributed by atoms with Crippen molar-refractivity contribution in [3.63, 3.8) is 0 Å². The van der Waals surface area contributed by atoms with Crippen LogP contribution in [0.5, 0.6) is 5.75 Å². The monoisotopic (exact) mass is 469 g/mol. The Morgan fingerprint density at radius 2 is 2.03 bits per heavy atom. The summed E-state index contributed by atoms with van der Waals surface area (Å²) in [7, 11) is 0. The highest BCUT2D eigenvalue weighted by Crippen LogP contribution is 2.43. The first-order valence-corrected chi connectivity index (χ1v) is 11.4. The SMILES string of the molecule is CCOc1ccc2sc(C(=O)Nc3nn[nH]n3)c(Sc3ccc(CCC(=O)O)cc3)c2c1. The molecule has 0 radical (unpaired) electrons. The number of carbonyl (C=O) groups excluding carboxylic acids is 1. The predicted molar refractivity (Wildman–Crippen MR) is 122 cm³/mol. The molecule has 0 atom stereocenters. The van der Waals surface area contributed by atoms with E-state index in [9.17, 15) is 9.59 Å². The van der Waals surface area contributed by atoms with Crippen LogP contribution in [0.25, 0.3) is 10.1 Å². The van der Waals surface area contributed by atoms with Crippen molar-refractivity contribution in [3.8, 4) is 5.75 Å². The van der Waals surface area contributed by atoms with Gasteiger partial charge in [0.05, 0.1) is 6.61 Å². The van der Waals surface area contributed by atoms with Gasteiger partial charge in [-0.3, -0.25) is 14.9 Å². The minimum absolute atomic E-state index is 0.0856. The first-order valence-electron chi connectivity index (χ1n) is 9.76. The minimum atomic E-state index is -0.824. The molecule has 0 unspecified atom stereocenters. The Bertz CT molecular complexity index is 1240. The lowest BCUT2D eigenvalue weighted by molar-refractivity contribution is -0.136. The third-order valence-corrected chi connectivity index (χ3v) is 6.91. The average molecular weight is 470 g/mol. The molecule has 4 rings (SSSR count). The highest BCUT2D eigenvalue weighted by Gasteiger charge is 2.21. The molecule has 2 heterocycles. The highest BCUT2D eigenvalue weighted by molar-refractivity contribution is 7.99. The molecule has 0 saturated heterocycles. The number of aromatic amines is 1. The van der Waals surface area contributed by atoms with Gasteiger partial charge in [-0.05, 0) is 54.5 Å². The van der Waals surface area contributed by atoms with Gasteiger partial charge in [0.25, 0.3) is 11.9 Å². The van der Waals surface area contributed by atoms with Crippen molar-refractivity contribution in [2.45, 2.75) is 29.6 Å². The van der Waals surface area contributed by atoms with Crippen LogP contribution in [-0.4, -0.2) is 44.2 Å². The third kappa shape index (κ3) is 5.06. The molecule has 3 N–H and O–H groups in total. The second kappa shape index (κ2) is 9.79. The maximum absolute atomic E-state index is 13.0. The van der Waals surface area contributed by atoms with Gasteiger partial charge in [-0.15, -0.1) is 16.4 Å². The number of nitrogens with one attached hydrogen (secondary N) is 2. The van der Waals surface area contributed by atoms with E-state index < -0.39 is 5.97 Å². The van der Waals surface area contributed by atoms with Crippen LogP contribution in [0.1, 0.15) is 28.6 Å². The minimum Gasteiger partial charge on any atom is -0.494 e. The van der Waals surface area contributed by atoms with E-state index in [2.05, 4.69) is 25.9 Å². The number of aryl methyl sites for hydroxylation is 1. The molecule has 32 heavy (non-hydrogen) atoms. The predicted octanol–water partition coefficient (Wildman–Crippen LogP) is 4.23. The molecule has 9 nitrogen and oxygen atoms in total. The largest absolute Gasteiger partial charge is 0.494 e. The molecule has 0 fully saturated rings. The Labute approximate surface area is 191 Å². The molecular weight excluding hydrogens is 450 g/mol. The lowest BCUT2D eigenvalue weighted by Crippen LogP contribution is -2.12. The van der Waals surface area contributed by atoms with Gasteiger partial charge in [0.2, 0.25) is 0 Å². The first-order chi connectivity index (χ1) is 15.5. The first kappa shape index (κ1) is 21.8. The number of carbonyl (C=O) groups is 2. The van der Waals surface area contributed by atoms with Gasteiger partial charge < -0.3 is 9.84 Å². The molecule has 0 aliphatic carbocycles. The number of fused-ring (bicyclic) bond motifs is 1. The average Bonchev–Trinajstić information content (AvgIpc) is 3.41. The number of aromatic nitrogens is 4. The Morgan fingerprint density at radius 3 is 2.72 bits per heavy atom. The highest BCUT2D eigenvalue weighted by atomic mass is 32.2. The van der Waals surface area contributed by atoms with E-state index in [1.54, 1.807) is 0 Å². The molecular formula is C21H19N5O4S2. The number of hydrogen-bond acceptors (Lipinski definition) is 8. The van der Waals surface area contributed by atoms with Gasteiger partial charge in [-0.2, -0.15) is 5.21 Å². The molecule has 1 amide bonds. The fourth-order valence-corrected chi connectivity index (χ4v) is 5.29. The summed E-state index contributed by atoms with van der Waals surface area (Å²) in [5.74, 6) is -0.323. The summed E-state index contributed by atoms with van der Waals surface area (Å²) >= 11 is 2.84. The Hall–Kier alpha value is -3.44. The van der Waals surface area contributed by atoms with Gasteiger partial charge in [-0.25, -0.2) is 0 Å². The number of carboxylic acids is 1. The van der Waals surface area contributed by atoms with Crippen molar-refractivity contribution in [2.24, 2.45) is 0 Å². The molecule has 0 saturated carbocycles. The summed E-state index contributed by atoms with van der Waals surface area (Å²) in [6.45, 7) is 2.46. The van der Waals surface area contributed by atoms with E-state index in [0.29, 0.717) is 17.9 Å². The maximum Gasteiger partial charge on any atom is 0.303 e. The fourth-order valence-electron chi connectivity index (χ4n) is 3.03. The summed E-state index contributed by atoms with van der Waals surface area (Å²) in [5, 5.41) is 25.8. The van der Waals surface area contributed by atoms with Gasteiger partial charge in [0.15, 0.2) is 0 Å². The zero-order valence-corrected chi connectivity index (χ0v) is 18.6. The van der Waals surface area contributed by atoms with E-state index >= 15 is 0 Å². The number of nitrogens with zero attached hydrogens (tertiary/aromatic N) is 3. The van der Waals surface area contributed by atoms with Gasteiger partial charge >= 0.3 is 5.97 Å². The van der Waals surface area contributed by atoms with E-state index in [0.717, 1.165) is 31.2 Å². The van der Waals surface area contributed by atoms with E-state index in [4.69, 9.17) is 9.84 Å². The molecule has 2 aromatic carbocycles. The Kier molecular flexibility index (Phi) is 6.66. The summed E-state index contributed by atoms with van der Waals surface area (Å²) < 4.78 is 6.60. The Balaban J connectivity index is 1.67. The van der Waals surface area contributed by atoms with E-state index in [1.165, 1.54) is 23.1 Å². The number of anilines is 1. The number of thiophene rings is 1. The van der Waals surface area contributed by atoms with Crippen molar-refractivity contribution in [2.75, 3.05) is 11.9 Å². The van der Waals surface area contributed by atoms with Gasteiger partial charge in [0, 0.05) is 26.3 Å². The number of amides is 1. The van der Waals surface area contributed by atoms with Crippen LogP contribution in [-0.2, 0) is 11.2 Å². The van der Waals surface area contributed by atoms with Crippen molar-refractivity contribution in [1.29, 1.82) is 0 Å². The standard InChI is InChI=1S/C21H19N5O4S2/c1-2-30-13-6-9-16-15(11-13)18(19(32-16)20(29)22-21-23-25-26-24-21)31-14-7-3-12(4-8-14)5-10-17(27)28/h3-4,6-9,11H,2,5,10H2,1H3,(H,27,28)(H2,22,23,24,25,26,29). The van der Waals surface area contributed by atoms with E-state index in [-0.39, 0.29) is 18.3 Å². The van der Waals surface area contributed by atoms with Crippen LogP contribution in [0.15, 0.2) is 52.3 Å². The van der Waals surface area contributed by atoms with E-state index in [1.807, 2.05) is 49.4 Å². The number of H-pyrrole nitrogens is 1. The lowest BCUT2D eigenvalue weighted by atomic mass is 10.1. The van der Waals surface area contributed by atoms with Crippen LogP contribution in [0.4, 0.5) is 5.95 Å². The molecule has 11 heteroatoms. The third-order valence-electron chi connectivity index (χ3n) is 4.47. The smallest absolute Gasteiger partial charge is 0.303 e. The molecule has 4 aromatic rings. The van der Waals surface area contributed by atoms with Gasteiger partial charge in [-0.1, -0.05) is 29.0 Å². The number of hydrogen-bond donors (Lipinski definition) is 3. The zero-order chi connectivity index (χ0) is 22.5. The van der Waals surface area contributed by atoms with Crippen LogP contribution in [0.3, 0.4) is 0 Å². The summed E-state index contributed by atoms with van der Waals surface area (Å²) in [5.41, 5.74) is 0.945. The number of rotatable bonds is 9. The molecule has 0 spiro atoms. The Morgan fingerprint density at radius 1 is 1.22 bits per heavy atom. The maximum atomic E-state index is 13.0. The molecule has 2 aromatic heterocycles.